The van der Waals surface area contributed by atoms with Crippen molar-refractivity contribution in [3.8, 4) is 5.75 Å². The molecule has 53 heavy (non-hydrogen) atoms. The molecule has 0 radical (unpaired) electrons. The van der Waals surface area contributed by atoms with Gasteiger partial charge < -0.3 is 19.3 Å². The molecule has 10 nitrogen and oxygen atoms in total. The maximum atomic E-state index is 14.1. The quantitative estimate of drug-likeness (QED) is 0.0676. The van der Waals surface area contributed by atoms with Crippen LogP contribution in [0.5, 0.6) is 5.75 Å². The van der Waals surface area contributed by atoms with E-state index in [0.29, 0.717) is 6.07 Å². The fourth-order valence-electron chi connectivity index (χ4n) is 5.24. The van der Waals surface area contributed by atoms with E-state index in [1.54, 1.807) is 41.5 Å². The number of carbonyl (C=O) groups excluding carboxylic acids is 2. The molecule has 1 heterocycles. The third-order valence-corrected chi connectivity index (χ3v) is 7.87. The van der Waals surface area contributed by atoms with Gasteiger partial charge in [0.05, 0.1) is 22.1 Å². The summed E-state index contributed by atoms with van der Waals surface area (Å²) in [6, 6.07) is 12.5. The number of alkyl halides is 6. The molecule has 2 atom stereocenters. The lowest BCUT2D eigenvalue weighted by Crippen LogP contribution is -2.51. The first-order valence-electron chi connectivity index (χ1n) is 16.3. The Balaban J connectivity index is 1.67. The first-order chi connectivity index (χ1) is 24.4. The lowest BCUT2D eigenvalue weighted by atomic mass is 9.77. The third-order valence-electron chi connectivity index (χ3n) is 7.87. The van der Waals surface area contributed by atoms with Gasteiger partial charge >= 0.3 is 18.3 Å². The van der Waals surface area contributed by atoms with Crippen molar-refractivity contribution in [1.29, 1.82) is 0 Å². The molecule has 0 saturated carbocycles. The first kappa shape index (κ1) is 40.9. The van der Waals surface area contributed by atoms with E-state index in [1.165, 1.54) is 36.4 Å². The number of ketones is 1. The van der Waals surface area contributed by atoms with Gasteiger partial charge in [0, 0.05) is 18.5 Å². The standard InChI is InChI=1S/C37H39F6N3O7/c1-33(2,3)52-31(49)35(32(50)53-34(4,5)6,16-17-46-30(48)27-19-25(37(41,42)43)12-15-28(27)44-45-46)20-29(47)23-10-13-26(14-11-23)51-21-22-8-7-9-24(18-22)36(38,39)40/h7-15,18-19,31,49H,16-17,20-21H2,1-6H3. The number of aliphatic hydroxyl groups excluding tert-OH is 1. The summed E-state index contributed by atoms with van der Waals surface area (Å²) < 4.78 is 97.4. The summed E-state index contributed by atoms with van der Waals surface area (Å²) in [5.74, 6) is -1.52. The number of nitrogens with zero attached hydrogens (tertiary/aromatic N) is 3. The Kier molecular flexibility index (Phi) is 11.8. The molecule has 4 aromatic rings. The van der Waals surface area contributed by atoms with Crippen molar-refractivity contribution in [2.24, 2.45) is 5.41 Å². The van der Waals surface area contributed by atoms with Crippen LogP contribution in [0.4, 0.5) is 26.3 Å². The van der Waals surface area contributed by atoms with E-state index in [9.17, 15) is 45.8 Å². The summed E-state index contributed by atoms with van der Waals surface area (Å²) in [5, 5.41) is 18.9. The monoisotopic (exact) mass is 751 g/mol. The third kappa shape index (κ3) is 10.6. The fourth-order valence-corrected chi connectivity index (χ4v) is 5.24. The average molecular weight is 752 g/mol. The number of hydrogen-bond acceptors (Lipinski definition) is 9. The van der Waals surface area contributed by atoms with Crippen molar-refractivity contribution < 1.29 is 55.2 Å². The van der Waals surface area contributed by atoms with Gasteiger partial charge in [-0.15, -0.1) is 5.10 Å². The molecule has 2 unspecified atom stereocenters. The largest absolute Gasteiger partial charge is 0.489 e. The number of aryl methyl sites for hydroxylation is 1. The molecule has 1 N–H and O–H groups in total. The number of Topliss-reactive ketones (excluding diaryl/α,β-unsaturated/α-hetero) is 1. The van der Waals surface area contributed by atoms with Gasteiger partial charge in [0.2, 0.25) is 0 Å². The van der Waals surface area contributed by atoms with E-state index in [2.05, 4.69) is 10.3 Å². The van der Waals surface area contributed by atoms with Crippen LogP contribution in [-0.4, -0.2) is 49.3 Å². The number of benzene rings is 3. The molecular weight excluding hydrogens is 712 g/mol. The van der Waals surface area contributed by atoms with Crippen LogP contribution >= 0.6 is 0 Å². The molecule has 4 rings (SSSR count). The molecule has 1 aromatic heterocycles. The number of ether oxygens (including phenoxy) is 3. The Morgan fingerprint density at radius 2 is 1.45 bits per heavy atom. The van der Waals surface area contributed by atoms with E-state index < -0.39 is 88.5 Å². The Labute approximate surface area is 300 Å². The van der Waals surface area contributed by atoms with Crippen LogP contribution in [-0.2, 0) is 39.8 Å². The van der Waals surface area contributed by atoms with Crippen molar-refractivity contribution in [3.63, 3.8) is 0 Å². The zero-order valence-electron chi connectivity index (χ0n) is 29.8. The lowest BCUT2D eigenvalue weighted by molar-refractivity contribution is -0.238. The SMILES string of the molecule is CC(C)(C)OC(=O)C(CCn1nnc2ccc(C(F)(F)F)cc2c1=O)(CC(=O)c1ccc(OCc2cccc(C(F)(F)F)c2)cc1)C(O)OC(C)(C)C. The van der Waals surface area contributed by atoms with Crippen molar-refractivity contribution in [1.82, 2.24) is 15.0 Å². The Morgan fingerprint density at radius 3 is 2.04 bits per heavy atom. The van der Waals surface area contributed by atoms with E-state index >= 15 is 0 Å². The van der Waals surface area contributed by atoms with Crippen molar-refractivity contribution in [2.75, 3.05) is 0 Å². The second-order valence-electron chi connectivity index (χ2n) is 14.4. The number of esters is 1. The molecule has 0 aliphatic heterocycles. The Morgan fingerprint density at radius 1 is 0.830 bits per heavy atom. The summed E-state index contributed by atoms with van der Waals surface area (Å²) >= 11 is 0. The number of aromatic nitrogens is 3. The van der Waals surface area contributed by atoms with Crippen molar-refractivity contribution in [2.45, 2.75) is 97.4 Å². The van der Waals surface area contributed by atoms with Gasteiger partial charge in [0.1, 0.15) is 28.9 Å². The molecule has 0 bridgehead atoms. The zero-order valence-corrected chi connectivity index (χ0v) is 29.8. The second kappa shape index (κ2) is 15.3. The summed E-state index contributed by atoms with van der Waals surface area (Å²) in [5.41, 5.74) is -7.07. The van der Waals surface area contributed by atoms with E-state index in [0.717, 1.165) is 28.9 Å². The summed E-state index contributed by atoms with van der Waals surface area (Å²) in [6.45, 7) is 8.74. The highest BCUT2D eigenvalue weighted by atomic mass is 19.4. The smallest absolute Gasteiger partial charge is 0.416 e. The second-order valence-corrected chi connectivity index (χ2v) is 14.4. The van der Waals surface area contributed by atoms with Gasteiger partial charge in [-0.25, -0.2) is 4.68 Å². The average Bonchev–Trinajstić information content (AvgIpc) is 3.04. The van der Waals surface area contributed by atoms with Crippen LogP contribution in [0.25, 0.3) is 10.9 Å². The number of halogens is 6. The van der Waals surface area contributed by atoms with Crippen molar-refractivity contribution in [3.05, 3.63) is 99.3 Å². The van der Waals surface area contributed by atoms with Crippen LogP contribution < -0.4 is 10.3 Å². The number of aliphatic hydroxyl groups is 1. The molecular formula is C37H39F6N3O7. The number of hydrogen-bond donors (Lipinski definition) is 1. The van der Waals surface area contributed by atoms with Gasteiger partial charge in [0.15, 0.2) is 12.1 Å². The van der Waals surface area contributed by atoms with Crippen molar-refractivity contribution >= 4 is 22.7 Å². The Bertz CT molecular complexity index is 2000. The van der Waals surface area contributed by atoms with Gasteiger partial charge in [-0.05, 0) is 108 Å². The Hall–Kier alpha value is -4.83. The van der Waals surface area contributed by atoms with Gasteiger partial charge in [0.25, 0.3) is 5.56 Å². The molecule has 16 heteroatoms. The summed E-state index contributed by atoms with van der Waals surface area (Å²) in [6.07, 6.45) is -12.5. The topological polar surface area (TPSA) is 130 Å². The molecule has 0 aliphatic carbocycles. The predicted octanol–water partition coefficient (Wildman–Crippen LogP) is 7.53. The molecule has 0 saturated heterocycles. The van der Waals surface area contributed by atoms with Crippen LogP contribution in [0.2, 0.25) is 0 Å². The predicted molar refractivity (Wildman–Crippen MR) is 180 cm³/mol. The van der Waals surface area contributed by atoms with Gasteiger partial charge in [-0.2, -0.15) is 26.3 Å². The zero-order chi connectivity index (χ0) is 39.6. The molecule has 0 amide bonds. The summed E-state index contributed by atoms with van der Waals surface area (Å²) in [4.78, 5) is 41.3. The lowest BCUT2D eigenvalue weighted by Gasteiger charge is -2.39. The molecule has 0 spiro atoms. The minimum atomic E-state index is -4.75. The number of rotatable bonds is 12. The van der Waals surface area contributed by atoms with Crippen LogP contribution in [0.3, 0.4) is 0 Å². The van der Waals surface area contributed by atoms with E-state index in [4.69, 9.17) is 14.2 Å². The maximum Gasteiger partial charge on any atom is 0.416 e. The van der Waals surface area contributed by atoms with Gasteiger partial charge in [-0.1, -0.05) is 17.3 Å². The van der Waals surface area contributed by atoms with Crippen LogP contribution in [0, 0.1) is 5.41 Å². The van der Waals surface area contributed by atoms with Crippen LogP contribution in [0.15, 0.2) is 71.5 Å². The highest BCUT2D eigenvalue weighted by molar-refractivity contribution is 5.99. The summed E-state index contributed by atoms with van der Waals surface area (Å²) in [7, 11) is 0. The van der Waals surface area contributed by atoms with Gasteiger partial charge in [-0.3, -0.25) is 14.4 Å². The molecule has 3 aromatic carbocycles. The normalized spacial score (nSPS) is 14.4. The van der Waals surface area contributed by atoms with Crippen LogP contribution in [0.1, 0.15) is 81.4 Å². The minimum absolute atomic E-state index is 0.0506. The molecule has 286 valence electrons. The number of carbonyl (C=O) groups is 2. The highest BCUT2D eigenvalue weighted by Crippen LogP contribution is 2.39. The van der Waals surface area contributed by atoms with E-state index in [-0.39, 0.29) is 29.0 Å². The first-order valence-corrected chi connectivity index (χ1v) is 16.3. The minimum Gasteiger partial charge on any atom is -0.489 e. The highest BCUT2D eigenvalue weighted by Gasteiger charge is 2.51. The molecule has 0 fully saturated rings. The fraction of sp³-hybridized carbons (Fsp3) is 0.432. The number of fused-ring (bicyclic) bond motifs is 1. The maximum absolute atomic E-state index is 14.1. The van der Waals surface area contributed by atoms with E-state index in [1.807, 2.05) is 0 Å². The molecule has 0 aliphatic rings.